The third-order valence-corrected chi connectivity index (χ3v) is 17.5. The highest BCUT2D eigenvalue weighted by molar-refractivity contribution is 5.71. The molecule has 0 aliphatic heterocycles. The van der Waals surface area contributed by atoms with Crippen LogP contribution in [0.2, 0.25) is 0 Å². The molecule has 0 aliphatic rings. The summed E-state index contributed by atoms with van der Waals surface area (Å²) in [5.74, 6) is -1.66. The Morgan fingerprint density at radius 2 is 0.341 bits per heavy atom. The van der Waals surface area contributed by atoms with Crippen molar-refractivity contribution in [3.63, 3.8) is 0 Å². The van der Waals surface area contributed by atoms with Gasteiger partial charge in [0.25, 0.3) is 0 Å². The molecule has 504 valence electrons. The number of hydrogen-bond acceptors (Lipinski definition) is 9. The lowest BCUT2D eigenvalue weighted by Gasteiger charge is -2.24. The molecule has 0 bridgehead atoms. The molecule has 9 nitrogen and oxygen atoms in total. The second-order valence-corrected chi connectivity index (χ2v) is 26.1. The van der Waals surface area contributed by atoms with Gasteiger partial charge in [-0.05, 0) is 25.7 Å². The van der Waals surface area contributed by atoms with E-state index in [1.54, 1.807) is 0 Å². The van der Waals surface area contributed by atoms with Gasteiger partial charge in [-0.2, -0.15) is 0 Å². The van der Waals surface area contributed by atoms with Gasteiger partial charge >= 0.3 is 23.9 Å². The first-order chi connectivity index (χ1) is 41.9. The summed E-state index contributed by atoms with van der Waals surface area (Å²) in [5, 5.41) is 0. The van der Waals surface area contributed by atoms with Crippen LogP contribution in [0.15, 0.2) is 0 Å². The number of esters is 4. The van der Waals surface area contributed by atoms with Crippen LogP contribution in [0.25, 0.3) is 0 Å². The van der Waals surface area contributed by atoms with Crippen LogP contribution in [-0.2, 0) is 42.9 Å². The Bertz CT molecular complexity index is 1270. The Labute approximate surface area is 528 Å². The van der Waals surface area contributed by atoms with Crippen LogP contribution >= 0.6 is 0 Å². The predicted octanol–water partition coefficient (Wildman–Crippen LogP) is 24.9. The summed E-state index contributed by atoms with van der Waals surface area (Å²) in [7, 11) is 0. The summed E-state index contributed by atoms with van der Waals surface area (Å²) in [5.41, 5.74) is 0. The molecule has 85 heavy (non-hydrogen) atoms. The van der Waals surface area contributed by atoms with E-state index in [4.69, 9.17) is 23.7 Å². The monoisotopic (exact) mass is 1200 g/mol. The van der Waals surface area contributed by atoms with Crippen LogP contribution in [0, 0.1) is 0 Å². The SMILES string of the molecule is CCCCCCCCCCCCCCCCCC(=O)OCC(OC(=O)CCCCCCCCCCCCCCCCC)OC(COC(=O)CCCCCCCCCCCCCCCCC)OC(=O)CCCCCCCCCCCCCCCCC. The molecule has 9 heteroatoms. The van der Waals surface area contributed by atoms with Crippen molar-refractivity contribution in [3.8, 4) is 0 Å². The number of hydrogen-bond donors (Lipinski definition) is 0. The zero-order valence-electron chi connectivity index (χ0n) is 57.5. The smallest absolute Gasteiger partial charge is 0.308 e. The second kappa shape index (κ2) is 70.9. The standard InChI is InChI=1S/C76H146O9/c1-5-9-13-17-21-25-29-33-37-41-45-49-53-57-61-65-71(77)81-69-75(83-73(79)67-63-59-55-51-47-43-39-35-31-27-23-19-15-11-7-3)85-76(84-74(80)68-64-60-56-52-48-44-40-36-32-28-24-20-16-12-8-4)70-82-72(78)66-62-58-54-50-46-42-38-34-30-26-22-18-14-10-6-2/h75-76H,5-70H2,1-4H3. The molecular weight excluding hydrogens is 1060 g/mol. The van der Waals surface area contributed by atoms with Gasteiger partial charge in [0.1, 0.15) is 0 Å². The van der Waals surface area contributed by atoms with Crippen LogP contribution in [0.5, 0.6) is 0 Å². The van der Waals surface area contributed by atoms with Gasteiger partial charge in [0.2, 0.25) is 12.6 Å². The van der Waals surface area contributed by atoms with Crippen molar-refractivity contribution in [3.05, 3.63) is 0 Å². The predicted molar refractivity (Wildman–Crippen MR) is 361 cm³/mol. The van der Waals surface area contributed by atoms with Crippen LogP contribution < -0.4 is 0 Å². The van der Waals surface area contributed by atoms with Crippen LogP contribution in [0.3, 0.4) is 0 Å². The minimum absolute atomic E-state index is 0.211. The molecule has 0 radical (unpaired) electrons. The third kappa shape index (κ3) is 67.6. The Hall–Kier alpha value is -2.16. The highest BCUT2D eigenvalue weighted by Crippen LogP contribution is 2.20. The molecule has 0 aromatic carbocycles. The van der Waals surface area contributed by atoms with Crippen molar-refractivity contribution in [2.24, 2.45) is 0 Å². The fourth-order valence-corrected chi connectivity index (χ4v) is 11.8. The lowest BCUT2D eigenvalue weighted by Crippen LogP contribution is -2.37. The van der Waals surface area contributed by atoms with Crippen LogP contribution in [-0.4, -0.2) is 49.7 Å². The molecule has 0 saturated heterocycles. The van der Waals surface area contributed by atoms with Crippen molar-refractivity contribution < 1.29 is 42.9 Å². The summed E-state index contributed by atoms with van der Waals surface area (Å²) in [6, 6.07) is 0. The molecule has 0 amide bonds. The molecule has 0 rings (SSSR count). The molecule has 0 heterocycles. The van der Waals surface area contributed by atoms with Crippen molar-refractivity contribution in [1.82, 2.24) is 0 Å². The second-order valence-electron chi connectivity index (χ2n) is 26.1. The molecule has 0 N–H and O–H groups in total. The Balaban J connectivity index is 5.30. The van der Waals surface area contributed by atoms with E-state index < -0.39 is 24.5 Å². The van der Waals surface area contributed by atoms with E-state index in [0.717, 1.165) is 77.0 Å². The summed E-state index contributed by atoms with van der Waals surface area (Å²) < 4.78 is 29.3. The minimum Gasteiger partial charge on any atom is -0.459 e. The highest BCUT2D eigenvalue weighted by atomic mass is 16.8. The van der Waals surface area contributed by atoms with Gasteiger partial charge in [-0.1, -0.05) is 387 Å². The maximum atomic E-state index is 13.4. The lowest BCUT2D eigenvalue weighted by molar-refractivity contribution is -0.257. The van der Waals surface area contributed by atoms with Gasteiger partial charge in [0, 0.05) is 25.7 Å². The fourth-order valence-electron chi connectivity index (χ4n) is 11.8. The molecular formula is C76H146O9. The quantitative estimate of drug-likeness (QED) is 0.0254. The van der Waals surface area contributed by atoms with Crippen molar-refractivity contribution in [2.45, 2.75) is 451 Å². The first-order valence-electron chi connectivity index (χ1n) is 38.2. The number of unbranched alkanes of at least 4 members (excludes halogenated alkanes) is 56. The van der Waals surface area contributed by atoms with E-state index in [-0.39, 0.29) is 50.8 Å². The first kappa shape index (κ1) is 82.8. The number of carbonyl (C=O) groups excluding carboxylic acids is 4. The zero-order valence-corrected chi connectivity index (χ0v) is 57.5. The van der Waals surface area contributed by atoms with Gasteiger partial charge in [-0.25, -0.2) is 0 Å². The summed E-state index contributed by atoms with van der Waals surface area (Å²) in [6.07, 6.45) is 72.8. The number of carbonyl (C=O) groups is 4. The average molecular weight is 1200 g/mol. The van der Waals surface area contributed by atoms with Gasteiger partial charge in [-0.3, -0.25) is 23.9 Å². The van der Waals surface area contributed by atoms with Gasteiger partial charge in [0.05, 0.1) is 0 Å². The van der Waals surface area contributed by atoms with Gasteiger partial charge < -0.3 is 18.9 Å². The van der Waals surface area contributed by atoms with Gasteiger partial charge in [-0.15, -0.1) is 0 Å². The normalized spacial score (nSPS) is 12.2. The van der Waals surface area contributed by atoms with Gasteiger partial charge in [0.15, 0.2) is 13.2 Å². The van der Waals surface area contributed by atoms with E-state index in [0.29, 0.717) is 12.8 Å². The third-order valence-electron chi connectivity index (χ3n) is 17.5. The van der Waals surface area contributed by atoms with E-state index in [1.165, 1.54) is 295 Å². The zero-order chi connectivity index (χ0) is 61.7. The van der Waals surface area contributed by atoms with Crippen LogP contribution in [0.1, 0.15) is 439 Å². The van der Waals surface area contributed by atoms with Crippen molar-refractivity contribution >= 4 is 23.9 Å². The molecule has 2 atom stereocenters. The van der Waals surface area contributed by atoms with E-state index in [2.05, 4.69) is 27.7 Å². The van der Waals surface area contributed by atoms with E-state index in [1.807, 2.05) is 0 Å². The molecule has 0 aliphatic carbocycles. The lowest BCUT2D eigenvalue weighted by atomic mass is 10.0. The summed E-state index contributed by atoms with van der Waals surface area (Å²) in [4.78, 5) is 53.0. The topological polar surface area (TPSA) is 114 Å². The Morgan fingerprint density at radius 3 is 0.506 bits per heavy atom. The average Bonchev–Trinajstić information content (AvgIpc) is 3.52. The fraction of sp³-hybridized carbons (Fsp3) is 0.947. The van der Waals surface area contributed by atoms with Crippen LogP contribution in [0.4, 0.5) is 0 Å². The maximum Gasteiger partial charge on any atom is 0.308 e. The maximum absolute atomic E-state index is 13.4. The summed E-state index contributed by atoms with van der Waals surface area (Å²) in [6.45, 7) is 8.43. The largest absolute Gasteiger partial charge is 0.459 e. The highest BCUT2D eigenvalue weighted by Gasteiger charge is 2.26. The molecule has 0 aromatic rings. The molecule has 0 saturated carbocycles. The van der Waals surface area contributed by atoms with Crippen molar-refractivity contribution in [1.29, 1.82) is 0 Å². The molecule has 0 fully saturated rings. The number of ether oxygens (including phenoxy) is 5. The Kier molecular flexibility index (Phi) is 69.1. The Morgan fingerprint density at radius 1 is 0.200 bits per heavy atom. The molecule has 0 aromatic heterocycles. The summed E-state index contributed by atoms with van der Waals surface area (Å²) >= 11 is 0. The minimum atomic E-state index is -1.31. The van der Waals surface area contributed by atoms with E-state index in [9.17, 15) is 19.2 Å². The van der Waals surface area contributed by atoms with Crippen molar-refractivity contribution in [2.75, 3.05) is 13.2 Å². The van der Waals surface area contributed by atoms with E-state index >= 15 is 0 Å². The molecule has 2 unspecified atom stereocenters. The molecule has 0 spiro atoms. The number of rotatable bonds is 72. The first-order valence-corrected chi connectivity index (χ1v) is 38.2.